The van der Waals surface area contributed by atoms with Gasteiger partial charge in [0, 0.05) is 9.26 Å². The first-order valence-corrected chi connectivity index (χ1v) is 5.02. The van der Waals surface area contributed by atoms with Crippen LogP contribution in [0.5, 0.6) is 0 Å². The lowest BCUT2D eigenvalue weighted by Gasteiger charge is -2.12. The maximum absolute atomic E-state index is 12.4. The number of rotatable bonds is 0. The van der Waals surface area contributed by atoms with Crippen molar-refractivity contribution in [3.8, 4) is 0 Å². The van der Waals surface area contributed by atoms with Crippen LogP contribution >= 0.6 is 38.5 Å². The molecule has 1 aromatic carbocycles. The van der Waals surface area contributed by atoms with Crippen molar-refractivity contribution in [2.45, 2.75) is 6.18 Å². The van der Waals surface area contributed by atoms with E-state index in [1.54, 1.807) is 22.6 Å². The zero-order valence-electron chi connectivity index (χ0n) is 6.12. The monoisotopic (exact) mass is 365 g/mol. The van der Waals surface area contributed by atoms with Gasteiger partial charge in [0.25, 0.3) is 0 Å². The van der Waals surface area contributed by atoms with Gasteiger partial charge in [-0.25, -0.2) is 0 Å². The lowest BCUT2D eigenvalue weighted by molar-refractivity contribution is -0.138. The quantitative estimate of drug-likeness (QED) is 0.551. The average molecular weight is 366 g/mol. The Bertz CT molecular complexity index is 337. The fourth-order valence-electron chi connectivity index (χ4n) is 0.828. The Hall–Kier alpha value is 0.0200. The van der Waals surface area contributed by atoms with Crippen molar-refractivity contribution in [3.05, 3.63) is 25.7 Å². The van der Waals surface area contributed by atoms with Crippen LogP contribution in [-0.4, -0.2) is 0 Å². The minimum Gasteiger partial charge on any atom is -0.398 e. The SMILES string of the molecule is Nc1ccc(I)c(C(F)(F)F)c1Br. The van der Waals surface area contributed by atoms with Crippen molar-refractivity contribution in [3.63, 3.8) is 0 Å². The van der Waals surface area contributed by atoms with E-state index in [9.17, 15) is 13.2 Å². The van der Waals surface area contributed by atoms with Gasteiger partial charge in [0.05, 0.1) is 10.0 Å². The van der Waals surface area contributed by atoms with Crippen LogP contribution < -0.4 is 5.73 Å². The molecule has 72 valence electrons. The van der Waals surface area contributed by atoms with E-state index in [-0.39, 0.29) is 13.7 Å². The van der Waals surface area contributed by atoms with Gasteiger partial charge < -0.3 is 5.73 Å². The molecule has 0 atom stereocenters. The zero-order valence-corrected chi connectivity index (χ0v) is 9.87. The highest BCUT2D eigenvalue weighted by molar-refractivity contribution is 14.1. The molecule has 1 aromatic rings. The fraction of sp³-hybridized carbons (Fsp3) is 0.143. The van der Waals surface area contributed by atoms with E-state index in [2.05, 4.69) is 15.9 Å². The highest BCUT2D eigenvalue weighted by Gasteiger charge is 2.35. The summed E-state index contributed by atoms with van der Waals surface area (Å²) in [5.41, 5.74) is 4.71. The Labute approximate surface area is 94.8 Å². The summed E-state index contributed by atoms with van der Waals surface area (Å²) in [6.07, 6.45) is -4.37. The third-order valence-electron chi connectivity index (χ3n) is 1.40. The summed E-state index contributed by atoms with van der Waals surface area (Å²) in [6, 6.07) is 2.77. The molecule has 0 spiro atoms. The van der Waals surface area contributed by atoms with Crippen LogP contribution in [0.2, 0.25) is 0 Å². The van der Waals surface area contributed by atoms with Gasteiger partial charge in [0.2, 0.25) is 0 Å². The van der Waals surface area contributed by atoms with Gasteiger partial charge >= 0.3 is 6.18 Å². The first-order chi connectivity index (χ1) is 5.84. The maximum Gasteiger partial charge on any atom is 0.418 e. The number of benzene rings is 1. The molecule has 0 saturated carbocycles. The van der Waals surface area contributed by atoms with Crippen molar-refractivity contribution in [1.82, 2.24) is 0 Å². The standard InChI is InChI=1S/C7H4BrF3IN/c8-6-4(13)2-1-3(12)5(6)7(9,10)11/h1-2H,13H2. The molecule has 0 amide bonds. The second kappa shape index (κ2) is 3.64. The third kappa shape index (κ3) is 2.28. The highest BCUT2D eigenvalue weighted by atomic mass is 127. The van der Waals surface area contributed by atoms with Gasteiger partial charge in [0.15, 0.2) is 0 Å². The molecular formula is C7H4BrF3IN. The van der Waals surface area contributed by atoms with Gasteiger partial charge in [-0.1, -0.05) is 0 Å². The lowest BCUT2D eigenvalue weighted by Crippen LogP contribution is -2.09. The Morgan fingerprint density at radius 2 is 1.85 bits per heavy atom. The summed E-state index contributed by atoms with van der Waals surface area (Å²) in [7, 11) is 0. The molecule has 2 N–H and O–H groups in total. The van der Waals surface area contributed by atoms with Gasteiger partial charge in [-0.15, -0.1) is 0 Å². The molecule has 0 aliphatic rings. The summed E-state index contributed by atoms with van der Waals surface area (Å²) >= 11 is 4.44. The van der Waals surface area contributed by atoms with E-state index >= 15 is 0 Å². The second-order valence-electron chi connectivity index (χ2n) is 2.32. The zero-order chi connectivity index (χ0) is 10.2. The van der Waals surface area contributed by atoms with Crippen molar-refractivity contribution < 1.29 is 13.2 Å². The van der Waals surface area contributed by atoms with Crippen LogP contribution in [0.15, 0.2) is 16.6 Å². The molecule has 1 nitrogen and oxygen atoms in total. The number of hydrogen-bond donors (Lipinski definition) is 1. The Morgan fingerprint density at radius 3 is 2.23 bits per heavy atom. The molecule has 0 bridgehead atoms. The molecule has 0 saturated heterocycles. The van der Waals surface area contributed by atoms with Gasteiger partial charge in [-0.2, -0.15) is 13.2 Å². The second-order valence-corrected chi connectivity index (χ2v) is 4.28. The van der Waals surface area contributed by atoms with Crippen LogP contribution in [0, 0.1) is 3.57 Å². The minimum absolute atomic E-state index is 0.0905. The smallest absolute Gasteiger partial charge is 0.398 e. The molecule has 0 aromatic heterocycles. The van der Waals surface area contributed by atoms with E-state index in [0.717, 1.165) is 0 Å². The third-order valence-corrected chi connectivity index (χ3v) is 3.16. The normalized spacial score (nSPS) is 11.8. The number of alkyl halides is 3. The molecular weight excluding hydrogens is 362 g/mol. The first-order valence-electron chi connectivity index (χ1n) is 3.14. The molecule has 0 heterocycles. The summed E-state index contributed by atoms with van der Waals surface area (Å²) in [5, 5.41) is 0. The lowest BCUT2D eigenvalue weighted by atomic mass is 10.2. The van der Waals surface area contributed by atoms with Crippen LogP contribution in [0.1, 0.15) is 5.56 Å². The van der Waals surface area contributed by atoms with Crippen LogP contribution in [-0.2, 0) is 6.18 Å². The minimum atomic E-state index is -4.37. The molecule has 0 aliphatic carbocycles. The Morgan fingerprint density at radius 1 is 1.31 bits per heavy atom. The molecule has 13 heavy (non-hydrogen) atoms. The summed E-state index contributed by atoms with van der Waals surface area (Å²) in [6.45, 7) is 0. The van der Waals surface area contributed by atoms with Gasteiger partial charge in [-0.3, -0.25) is 0 Å². The number of halogens is 5. The predicted molar refractivity (Wildman–Crippen MR) is 56.3 cm³/mol. The molecule has 1 rings (SSSR count). The van der Waals surface area contributed by atoms with E-state index < -0.39 is 11.7 Å². The molecule has 0 radical (unpaired) electrons. The molecule has 0 aliphatic heterocycles. The fourth-order valence-corrected chi connectivity index (χ4v) is 2.52. The van der Waals surface area contributed by atoms with Gasteiger partial charge in [0.1, 0.15) is 0 Å². The number of nitrogen functional groups attached to an aromatic ring is 1. The van der Waals surface area contributed by atoms with E-state index in [4.69, 9.17) is 5.73 Å². The van der Waals surface area contributed by atoms with E-state index in [0.29, 0.717) is 0 Å². The average Bonchev–Trinajstić information content (AvgIpc) is 1.95. The topological polar surface area (TPSA) is 26.0 Å². The molecule has 6 heteroatoms. The van der Waals surface area contributed by atoms with Crippen LogP contribution in [0.25, 0.3) is 0 Å². The van der Waals surface area contributed by atoms with Crippen molar-refractivity contribution in [2.75, 3.05) is 5.73 Å². The van der Waals surface area contributed by atoms with Gasteiger partial charge in [-0.05, 0) is 50.7 Å². The van der Waals surface area contributed by atoms with Crippen molar-refractivity contribution in [2.24, 2.45) is 0 Å². The largest absolute Gasteiger partial charge is 0.418 e. The number of anilines is 1. The van der Waals surface area contributed by atoms with Crippen molar-refractivity contribution >= 4 is 44.2 Å². The highest BCUT2D eigenvalue weighted by Crippen LogP contribution is 2.40. The van der Waals surface area contributed by atoms with E-state index in [1.165, 1.54) is 12.1 Å². The summed E-state index contributed by atoms with van der Waals surface area (Å²) in [4.78, 5) is 0. The van der Waals surface area contributed by atoms with Crippen LogP contribution in [0.4, 0.5) is 18.9 Å². The van der Waals surface area contributed by atoms with E-state index in [1.807, 2.05) is 0 Å². The maximum atomic E-state index is 12.4. The Balaban J connectivity index is 3.43. The van der Waals surface area contributed by atoms with Crippen molar-refractivity contribution in [1.29, 1.82) is 0 Å². The Kier molecular flexibility index (Phi) is 3.11. The predicted octanol–water partition coefficient (Wildman–Crippen LogP) is 3.65. The summed E-state index contributed by atoms with van der Waals surface area (Å²) < 4.78 is 37.2. The summed E-state index contributed by atoms with van der Waals surface area (Å²) in [5.74, 6) is 0. The number of nitrogens with two attached hydrogens (primary N) is 1. The molecule has 0 unspecified atom stereocenters. The first kappa shape index (κ1) is 11.1. The molecule has 0 fully saturated rings. The van der Waals surface area contributed by atoms with Crippen LogP contribution in [0.3, 0.4) is 0 Å². The number of hydrogen-bond acceptors (Lipinski definition) is 1.